The molecule has 0 amide bonds. The van der Waals surface area contributed by atoms with Gasteiger partial charge in [-0.05, 0) is 0 Å². The molecule has 0 N–H and O–H groups in total. The van der Waals surface area contributed by atoms with Crippen molar-refractivity contribution in [3.05, 3.63) is 0 Å². The molecule has 2 heteroatoms. The van der Waals surface area contributed by atoms with E-state index in [0.29, 0.717) is 0 Å². The molecule has 0 aromatic rings. The number of hydrogen-bond donors (Lipinski definition) is 0. The molecular weight excluding hydrogens is 330 g/mol. The van der Waals surface area contributed by atoms with Crippen molar-refractivity contribution in [2.45, 2.75) is 85.9 Å². The zero-order valence-corrected chi connectivity index (χ0v) is 16.8. The molecule has 0 radical (unpaired) electrons. The monoisotopic (exact) mass is 362 g/mol. The third kappa shape index (κ3) is 17.2. The van der Waals surface area contributed by atoms with Crippen LogP contribution in [0.15, 0.2) is 0 Å². The second-order valence-corrected chi connectivity index (χ2v) is 11.7. The Labute approximate surface area is 126 Å². The van der Waals surface area contributed by atoms with Gasteiger partial charge in [0.25, 0.3) is 0 Å². The summed E-state index contributed by atoms with van der Waals surface area (Å²) in [5.74, 6) is 0.939. The molecular formula is C15H32ClIn. The molecule has 17 heavy (non-hydrogen) atoms. The van der Waals surface area contributed by atoms with Gasteiger partial charge in [0.1, 0.15) is 0 Å². The quantitative estimate of drug-likeness (QED) is 0.270. The minimum atomic E-state index is -0.345. The Kier molecular flexibility index (Phi) is 18.3. The van der Waals surface area contributed by atoms with Crippen molar-refractivity contribution >= 4 is 34.5 Å². The Morgan fingerprint density at radius 1 is 0.647 bits per heavy atom. The van der Waals surface area contributed by atoms with Gasteiger partial charge in [-0.2, -0.15) is 0 Å². The van der Waals surface area contributed by atoms with Crippen molar-refractivity contribution < 1.29 is 0 Å². The van der Waals surface area contributed by atoms with Crippen LogP contribution in [0.2, 0.25) is 8.35 Å². The summed E-state index contributed by atoms with van der Waals surface area (Å²) in [6, 6.07) is 0. The maximum atomic E-state index is 5.70. The Hall–Kier alpha value is 1.16. The SMILES string of the molecule is CCCCCCCCCCCC[CH2][InH][CH2]CCl. The van der Waals surface area contributed by atoms with E-state index in [1.165, 1.54) is 74.8 Å². The van der Waals surface area contributed by atoms with E-state index < -0.39 is 0 Å². The van der Waals surface area contributed by atoms with Gasteiger partial charge in [0, 0.05) is 0 Å². The predicted octanol–water partition coefficient (Wildman–Crippen LogP) is 5.81. The molecule has 0 aliphatic heterocycles. The zero-order chi connectivity index (χ0) is 12.6. The van der Waals surface area contributed by atoms with Gasteiger partial charge in [0.15, 0.2) is 0 Å². The van der Waals surface area contributed by atoms with Gasteiger partial charge in [0.05, 0.1) is 0 Å². The van der Waals surface area contributed by atoms with E-state index in [4.69, 9.17) is 11.6 Å². The third-order valence-corrected chi connectivity index (χ3v) is 10.3. The van der Waals surface area contributed by atoms with Crippen molar-refractivity contribution in [3.8, 4) is 0 Å². The normalized spacial score (nSPS) is 10.7. The van der Waals surface area contributed by atoms with Gasteiger partial charge in [-0.15, -0.1) is 0 Å². The molecule has 0 aliphatic rings. The fourth-order valence-corrected chi connectivity index (χ4v) is 7.12. The molecule has 0 saturated carbocycles. The van der Waals surface area contributed by atoms with Gasteiger partial charge in [-0.25, -0.2) is 0 Å². The summed E-state index contributed by atoms with van der Waals surface area (Å²) in [6.07, 6.45) is 16.2. The molecule has 102 valence electrons. The molecule has 0 nitrogen and oxygen atoms in total. The molecule has 0 bridgehead atoms. The fourth-order valence-electron chi connectivity index (χ4n) is 2.29. The standard InChI is InChI=1S/C13H27.C2H4Cl.In.H/c1-3-5-7-9-11-13-12-10-8-6-4-2;1-2-3;;/h1,3-13H2,2H3;1-2H2;;. The van der Waals surface area contributed by atoms with E-state index in [2.05, 4.69) is 6.92 Å². The molecule has 0 unspecified atom stereocenters. The molecule has 0 rings (SSSR count). The van der Waals surface area contributed by atoms with Crippen molar-refractivity contribution in [1.82, 2.24) is 0 Å². The minimum absolute atomic E-state index is 0.345. The Morgan fingerprint density at radius 2 is 1.12 bits per heavy atom. The molecule has 0 atom stereocenters. The van der Waals surface area contributed by atoms with Crippen LogP contribution in [0.4, 0.5) is 0 Å². The van der Waals surface area contributed by atoms with Crippen LogP contribution >= 0.6 is 11.6 Å². The summed E-state index contributed by atoms with van der Waals surface area (Å²) in [4.78, 5) is 0. The number of hydrogen-bond acceptors (Lipinski definition) is 0. The number of rotatable bonds is 14. The number of unbranched alkanes of at least 4 members (excludes halogenated alkanes) is 10. The molecule has 0 spiro atoms. The van der Waals surface area contributed by atoms with Crippen LogP contribution in [0.5, 0.6) is 0 Å². The van der Waals surface area contributed by atoms with E-state index in [0.717, 1.165) is 5.88 Å². The van der Waals surface area contributed by atoms with Gasteiger partial charge in [-0.1, -0.05) is 6.92 Å². The van der Waals surface area contributed by atoms with Crippen LogP contribution in [0.1, 0.15) is 77.6 Å². The van der Waals surface area contributed by atoms with Crippen LogP contribution in [0.3, 0.4) is 0 Å². The summed E-state index contributed by atoms with van der Waals surface area (Å²) in [5, 5.41) is 0. The third-order valence-electron chi connectivity index (χ3n) is 3.49. The summed E-state index contributed by atoms with van der Waals surface area (Å²) in [5.41, 5.74) is 0. The predicted molar refractivity (Wildman–Crippen MR) is 83.9 cm³/mol. The Bertz CT molecular complexity index is 114. The summed E-state index contributed by atoms with van der Waals surface area (Å²) in [7, 11) is 0. The average Bonchev–Trinajstić information content (AvgIpc) is 2.35. The van der Waals surface area contributed by atoms with E-state index in [1.807, 2.05) is 0 Å². The first-order valence-corrected chi connectivity index (χ1v) is 14.2. The molecule has 0 aliphatic carbocycles. The van der Waals surface area contributed by atoms with Crippen molar-refractivity contribution in [2.24, 2.45) is 0 Å². The molecule has 0 aromatic heterocycles. The molecule has 0 saturated heterocycles. The summed E-state index contributed by atoms with van der Waals surface area (Å²) >= 11 is 5.35. The molecule has 0 aromatic carbocycles. The molecule has 0 heterocycles. The first-order chi connectivity index (χ1) is 8.41. The van der Waals surface area contributed by atoms with E-state index in [-0.39, 0.29) is 22.9 Å². The average molecular weight is 363 g/mol. The fraction of sp³-hybridized carbons (Fsp3) is 1.00. The topological polar surface area (TPSA) is 0 Å². The van der Waals surface area contributed by atoms with Gasteiger partial charge in [0.2, 0.25) is 0 Å². The van der Waals surface area contributed by atoms with E-state index >= 15 is 0 Å². The van der Waals surface area contributed by atoms with Crippen molar-refractivity contribution in [1.29, 1.82) is 0 Å². The Morgan fingerprint density at radius 3 is 1.59 bits per heavy atom. The van der Waals surface area contributed by atoms with Crippen LogP contribution in [0.25, 0.3) is 0 Å². The first-order valence-electron chi connectivity index (χ1n) is 7.97. The van der Waals surface area contributed by atoms with E-state index in [1.54, 1.807) is 4.18 Å². The zero-order valence-electron chi connectivity index (χ0n) is 12.0. The van der Waals surface area contributed by atoms with Gasteiger partial charge < -0.3 is 0 Å². The van der Waals surface area contributed by atoms with Crippen LogP contribution < -0.4 is 0 Å². The second-order valence-electron chi connectivity index (χ2n) is 5.29. The van der Waals surface area contributed by atoms with E-state index in [9.17, 15) is 0 Å². The van der Waals surface area contributed by atoms with Gasteiger partial charge in [-0.3, -0.25) is 0 Å². The van der Waals surface area contributed by atoms with Crippen molar-refractivity contribution in [3.63, 3.8) is 0 Å². The van der Waals surface area contributed by atoms with Crippen LogP contribution in [0, 0.1) is 0 Å². The second kappa shape index (κ2) is 17.2. The first kappa shape index (κ1) is 18.2. The Balaban J connectivity index is 2.85. The maximum absolute atomic E-state index is 5.70. The number of halogens is 1. The van der Waals surface area contributed by atoms with Crippen LogP contribution in [-0.2, 0) is 0 Å². The molecule has 0 fully saturated rings. The summed E-state index contributed by atoms with van der Waals surface area (Å²) in [6.45, 7) is 2.29. The van der Waals surface area contributed by atoms with Gasteiger partial charge >= 0.3 is 119 Å². The summed E-state index contributed by atoms with van der Waals surface area (Å²) < 4.78 is 3.02. The van der Waals surface area contributed by atoms with Crippen LogP contribution in [-0.4, -0.2) is 28.8 Å². The number of alkyl halides is 1. The van der Waals surface area contributed by atoms with Crippen molar-refractivity contribution in [2.75, 3.05) is 5.88 Å².